The highest BCUT2D eigenvalue weighted by atomic mass is 32.2. The van der Waals surface area contributed by atoms with Gasteiger partial charge >= 0.3 is 0 Å². The van der Waals surface area contributed by atoms with Crippen molar-refractivity contribution in [3.63, 3.8) is 0 Å². The normalized spacial score (nSPS) is 12.6. The number of amides is 2. The maximum Gasteiger partial charge on any atom is 0.248 e. The fourth-order valence-electron chi connectivity index (χ4n) is 2.80. The lowest BCUT2D eigenvalue weighted by atomic mass is 10.0. The molecule has 0 heterocycles. The Morgan fingerprint density at radius 2 is 1.72 bits per heavy atom. The second-order valence-electron chi connectivity index (χ2n) is 7.40. The zero-order valence-corrected chi connectivity index (χ0v) is 17.6. The molecule has 0 aliphatic heterocycles. The number of carbonyl (C=O) groups is 2. The molecular weight excluding hydrogens is 390 g/mol. The topological polar surface area (TPSA) is 118 Å². The Bertz CT molecular complexity index is 970. The SMILES string of the molecule is Cc1ccc(S(=O)(=O)NC(CC(C)C)C(=O)NCc2cccc(C(N)=O)c2)cc1. The van der Waals surface area contributed by atoms with Crippen molar-refractivity contribution in [3.8, 4) is 0 Å². The third-order valence-corrected chi connectivity index (χ3v) is 5.82. The molecule has 0 aliphatic carbocycles. The Kier molecular flexibility index (Phi) is 7.53. The van der Waals surface area contributed by atoms with Crippen molar-refractivity contribution in [2.75, 3.05) is 0 Å². The predicted molar refractivity (Wildman–Crippen MR) is 112 cm³/mol. The number of rotatable bonds is 9. The lowest BCUT2D eigenvalue weighted by molar-refractivity contribution is -0.123. The third-order valence-electron chi connectivity index (χ3n) is 4.33. The van der Waals surface area contributed by atoms with Gasteiger partial charge in [0.2, 0.25) is 21.8 Å². The van der Waals surface area contributed by atoms with Crippen molar-refractivity contribution in [2.45, 2.75) is 44.7 Å². The molecule has 2 aromatic carbocycles. The van der Waals surface area contributed by atoms with Crippen molar-refractivity contribution in [1.29, 1.82) is 0 Å². The Hall–Kier alpha value is -2.71. The fourth-order valence-corrected chi connectivity index (χ4v) is 4.01. The number of sulfonamides is 1. The van der Waals surface area contributed by atoms with Crippen LogP contribution in [0.25, 0.3) is 0 Å². The number of primary amides is 1. The molecule has 0 saturated heterocycles. The largest absolute Gasteiger partial charge is 0.366 e. The van der Waals surface area contributed by atoms with E-state index in [0.29, 0.717) is 17.5 Å². The molecule has 0 aliphatic rings. The maximum absolute atomic E-state index is 12.7. The predicted octanol–water partition coefficient (Wildman–Crippen LogP) is 2.10. The maximum atomic E-state index is 12.7. The van der Waals surface area contributed by atoms with Crippen LogP contribution in [0.5, 0.6) is 0 Å². The van der Waals surface area contributed by atoms with E-state index >= 15 is 0 Å². The monoisotopic (exact) mass is 417 g/mol. The van der Waals surface area contributed by atoms with Crippen molar-refractivity contribution in [1.82, 2.24) is 10.0 Å². The minimum atomic E-state index is -3.84. The molecule has 156 valence electrons. The van der Waals surface area contributed by atoms with Crippen LogP contribution in [-0.2, 0) is 21.4 Å². The number of hydrogen-bond acceptors (Lipinski definition) is 4. The van der Waals surface area contributed by atoms with Crippen molar-refractivity contribution in [3.05, 3.63) is 65.2 Å². The first-order chi connectivity index (χ1) is 13.6. The van der Waals surface area contributed by atoms with Crippen LogP contribution in [0.4, 0.5) is 0 Å². The van der Waals surface area contributed by atoms with E-state index in [2.05, 4.69) is 10.0 Å². The molecule has 2 amide bonds. The van der Waals surface area contributed by atoms with E-state index in [-0.39, 0.29) is 17.4 Å². The van der Waals surface area contributed by atoms with Crippen LogP contribution in [0, 0.1) is 12.8 Å². The standard InChI is InChI=1S/C21H27N3O4S/c1-14(2)11-19(24-29(27,28)18-9-7-15(3)8-10-18)21(26)23-13-16-5-4-6-17(12-16)20(22)25/h4-10,12,14,19,24H,11,13H2,1-3H3,(H2,22,25)(H,23,26). The summed E-state index contributed by atoms with van der Waals surface area (Å²) in [4.78, 5) is 24.1. The summed E-state index contributed by atoms with van der Waals surface area (Å²) >= 11 is 0. The van der Waals surface area contributed by atoms with Crippen LogP contribution in [0.1, 0.15) is 41.8 Å². The van der Waals surface area contributed by atoms with Gasteiger partial charge in [0.15, 0.2) is 0 Å². The summed E-state index contributed by atoms with van der Waals surface area (Å²) in [6, 6.07) is 12.1. The molecule has 0 bridgehead atoms. The molecule has 2 aromatic rings. The van der Waals surface area contributed by atoms with Gasteiger partial charge in [0.1, 0.15) is 6.04 Å². The first-order valence-electron chi connectivity index (χ1n) is 9.34. The molecule has 0 radical (unpaired) electrons. The van der Waals surface area contributed by atoms with Crippen LogP contribution >= 0.6 is 0 Å². The molecule has 29 heavy (non-hydrogen) atoms. The quantitative estimate of drug-likeness (QED) is 0.579. The Labute approximate surface area is 171 Å². The van der Waals surface area contributed by atoms with E-state index < -0.39 is 27.9 Å². The summed E-state index contributed by atoms with van der Waals surface area (Å²) in [5, 5.41) is 2.74. The average Bonchev–Trinajstić information content (AvgIpc) is 2.65. The number of aryl methyl sites for hydroxylation is 1. The summed E-state index contributed by atoms with van der Waals surface area (Å²) in [5.74, 6) is -0.884. The number of nitrogens with one attached hydrogen (secondary N) is 2. The molecule has 0 fully saturated rings. The molecule has 7 nitrogen and oxygen atoms in total. The van der Waals surface area contributed by atoms with Crippen LogP contribution in [0.15, 0.2) is 53.4 Å². The zero-order valence-electron chi connectivity index (χ0n) is 16.8. The Morgan fingerprint density at radius 3 is 2.31 bits per heavy atom. The molecule has 0 aromatic heterocycles. The summed E-state index contributed by atoms with van der Waals surface area (Å²) in [6.07, 6.45) is 0.345. The van der Waals surface area contributed by atoms with E-state index in [1.54, 1.807) is 36.4 Å². The summed E-state index contributed by atoms with van der Waals surface area (Å²) < 4.78 is 27.9. The van der Waals surface area contributed by atoms with Crippen LogP contribution in [-0.4, -0.2) is 26.3 Å². The highest BCUT2D eigenvalue weighted by Crippen LogP contribution is 2.14. The van der Waals surface area contributed by atoms with Gasteiger partial charge in [0.05, 0.1) is 4.90 Å². The second kappa shape index (κ2) is 9.67. The molecule has 8 heteroatoms. The minimum Gasteiger partial charge on any atom is -0.366 e. The highest BCUT2D eigenvalue weighted by Gasteiger charge is 2.26. The van der Waals surface area contributed by atoms with Gasteiger partial charge in [-0.3, -0.25) is 9.59 Å². The van der Waals surface area contributed by atoms with E-state index in [9.17, 15) is 18.0 Å². The van der Waals surface area contributed by atoms with E-state index in [0.717, 1.165) is 5.56 Å². The zero-order chi connectivity index (χ0) is 21.6. The number of benzene rings is 2. The van der Waals surface area contributed by atoms with Gasteiger partial charge in [0, 0.05) is 12.1 Å². The van der Waals surface area contributed by atoms with Gasteiger partial charge in [-0.2, -0.15) is 4.72 Å². The van der Waals surface area contributed by atoms with Crippen LogP contribution in [0.3, 0.4) is 0 Å². The van der Waals surface area contributed by atoms with Gasteiger partial charge < -0.3 is 11.1 Å². The summed E-state index contributed by atoms with van der Waals surface area (Å²) in [6.45, 7) is 5.85. The first-order valence-corrected chi connectivity index (χ1v) is 10.8. The van der Waals surface area contributed by atoms with Crippen molar-refractivity contribution in [2.24, 2.45) is 11.7 Å². The first kappa shape index (κ1) is 22.6. The molecule has 1 unspecified atom stereocenters. The number of nitrogens with two attached hydrogens (primary N) is 1. The van der Waals surface area contributed by atoms with Crippen LogP contribution in [0.2, 0.25) is 0 Å². The minimum absolute atomic E-state index is 0.102. The van der Waals surface area contributed by atoms with Gasteiger partial charge in [0.25, 0.3) is 0 Å². The fraction of sp³-hybridized carbons (Fsp3) is 0.333. The summed E-state index contributed by atoms with van der Waals surface area (Å²) in [7, 11) is -3.84. The highest BCUT2D eigenvalue weighted by molar-refractivity contribution is 7.89. The van der Waals surface area contributed by atoms with E-state index in [4.69, 9.17) is 5.73 Å². The second-order valence-corrected chi connectivity index (χ2v) is 9.11. The van der Waals surface area contributed by atoms with Gasteiger partial charge in [-0.1, -0.05) is 43.7 Å². The van der Waals surface area contributed by atoms with Crippen LogP contribution < -0.4 is 15.8 Å². The van der Waals surface area contributed by atoms with Gasteiger partial charge in [-0.25, -0.2) is 8.42 Å². The lowest BCUT2D eigenvalue weighted by Gasteiger charge is -2.20. The van der Waals surface area contributed by atoms with Gasteiger partial charge in [-0.05, 0) is 49.1 Å². The smallest absolute Gasteiger partial charge is 0.248 e. The molecule has 4 N–H and O–H groups in total. The molecule has 2 rings (SSSR count). The molecule has 0 spiro atoms. The number of hydrogen-bond donors (Lipinski definition) is 3. The molecule has 1 atom stereocenters. The average molecular weight is 418 g/mol. The van der Waals surface area contributed by atoms with E-state index in [1.807, 2.05) is 20.8 Å². The van der Waals surface area contributed by atoms with E-state index in [1.165, 1.54) is 12.1 Å². The van der Waals surface area contributed by atoms with Crippen molar-refractivity contribution < 1.29 is 18.0 Å². The Balaban J connectivity index is 2.12. The number of carbonyl (C=O) groups excluding carboxylic acids is 2. The lowest BCUT2D eigenvalue weighted by Crippen LogP contribution is -2.47. The molecular formula is C21H27N3O4S. The third kappa shape index (κ3) is 6.69. The van der Waals surface area contributed by atoms with Crippen molar-refractivity contribution >= 4 is 21.8 Å². The Morgan fingerprint density at radius 1 is 1.07 bits per heavy atom. The summed E-state index contributed by atoms with van der Waals surface area (Å²) in [5.41, 5.74) is 7.25. The van der Waals surface area contributed by atoms with Gasteiger partial charge in [-0.15, -0.1) is 0 Å². The molecule has 0 saturated carbocycles.